The van der Waals surface area contributed by atoms with Gasteiger partial charge in [-0.3, -0.25) is 9.59 Å². The lowest BCUT2D eigenvalue weighted by Gasteiger charge is -2.11. The van der Waals surface area contributed by atoms with Crippen molar-refractivity contribution in [1.29, 1.82) is 0 Å². The average Bonchev–Trinajstić information content (AvgIpc) is 3.05. The average molecular weight is 341 g/mol. The van der Waals surface area contributed by atoms with Crippen LogP contribution in [-0.4, -0.2) is 25.7 Å². The number of aromatic amines is 1. The third kappa shape index (κ3) is 3.63. The van der Waals surface area contributed by atoms with Crippen LogP contribution in [0.25, 0.3) is 5.69 Å². The topological polar surface area (TPSA) is 92.7 Å². The Morgan fingerprint density at radius 3 is 2.68 bits per heavy atom. The molecule has 25 heavy (non-hydrogen) atoms. The second-order valence-electron chi connectivity index (χ2n) is 5.60. The molecular weight excluding hydrogens is 325 g/mol. The molecule has 7 nitrogen and oxygen atoms in total. The van der Waals surface area contributed by atoms with Crippen LogP contribution in [0, 0.1) is 12.7 Å². The van der Waals surface area contributed by atoms with E-state index in [0.717, 1.165) is 5.56 Å². The largest absolute Gasteiger partial charge is 0.345 e. The van der Waals surface area contributed by atoms with Crippen LogP contribution in [0.5, 0.6) is 0 Å². The van der Waals surface area contributed by atoms with E-state index in [4.69, 9.17) is 0 Å². The van der Waals surface area contributed by atoms with Crippen molar-refractivity contribution in [2.24, 2.45) is 0 Å². The summed E-state index contributed by atoms with van der Waals surface area (Å²) in [5.74, 6) is -0.403. The van der Waals surface area contributed by atoms with Crippen molar-refractivity contribution in [2.75, 3.05) is 0 Å². The van der Waals surface area contributed by atoms with Crippen LogP contribution in [-0.2, 0) is 0 Å². The maximum atomic E-state index is 13.0. The lowest BCUT2D eigenvalue weighted by molar-refractivity contribution is 0.0938. The molecule has 1 atom stereocenters. The minimum Gasteiger partial charge on any atom is -0.345 e. The van der Waals surface area contributed by atoms with Crippen molar-refractivity contribution < 1.29 is 9.18 Å². The number of benzene rings is 1. The number of carbonyl (C=O) groups is 1. The molecule has 0 unspecified atom stereocenters. The highest BCUT2D eigenvalue weighted by atomic mass is 19.1. The Morgan fingerprint density at radius 2 is 2.00 bits per heavy atom. The summed E-state index contributed by atoms with van der Waals surface area (Å²) in [7, 11) is 0. The number of carbonyl (C=O) groups excluding carboxylic acids is 1. The SMILES string of the molecule is Cc1ncc(C(=O)N[C@H](C)c2cnn(-c3ccc(F)cc3)c2)c(=O)[nH]1. The monoisotopic (exact) mass is 341 g/mol. The molecule has 0 bridgehead atoms. The predicted molar refractivity (Wildman–Crippen MR) is 89.0 cm³/mol. The van der Waals surface area contributed by atoms with E-state index in [1.165, 1.54) is 18.3 Å². The standard InChI is InChI=1S/C17H16FN5O2/c1-10(21-16(24)15-8-19-11(2)22-17(15)25)12-7-20-23(9-12)14-5-3-13(18)4-6-14/h3-10H,1-2H3,(H,21,24)(H,19,22,25)/t10-/m1/s1. The zero-order chi connectivity index (χ0) is 18.0. The Balaban J connectivity index is 1.75. The molecule has 0 saturated carbocycles. The lowest BCUT2D eigenvalue weighted by Crippen LogP contribution is -2.32. The van der Waals surface area contributed by atoms with Crippen LogP contribution >= 0.6 is 0 Å². The summed E-state index contributed by atoms with van der Waals surface area (Å²) in [6.45, 7) is 3.41. The molecule has 2 heterocycles. The summed E-state index contributed by atoms with van der Waals surface area (Å²) in [6.07, 6.45) is 4.58. The molecule has 1 aromatic carbocycles. The zero-order valence-corrected chi connectivity index (χ0v) is 13.7. The van der Waals surface area contributed by atoms with Gasteiger partial charge in [-0.05, 0) is 38.1 Å². The van der Waals surface area contributed by atoms with Crippen molar-refractivity contribution in [3.05, 3.63) is 76.0 Å². The van der Waals surface area contributed by atoms with Gasteiger partial charge in [0.05, 0.1) is 17.9 Å². The third-order valence-electron chi connectivity index (χ3n) is 3.71. The Kier molecular flexibility index (Phi) is 4.42. The number of nitrogens with one attached hydrogen (secondary N) is 2. The highest BCUT2D eigenvalue weighted by molar-refractivity contribution is 5.93. The van der Waals surface area contributed by atoms with Gasteiger partial charge in [-0.25, -0.2) is 14.1 Å². The smallest absolute Gasteiger partial charge is 0.263 e. The number of aromatic nitrogens is 4. The molecule has 0 aliphatic heterocycles. The summed E-state index contributed by atoms with van der Waals surface area (Å²) < 4.78 is 14.6. The fourth-order valence-electron chi connectivity index (χ4n) is 2.30. The van der Waals surface area contributed by atoms with Crippen molar-refractivity contribution in [1.82, 2.24) is 25.1 Å². The summed E-state index contributed by atoms with van der Waals surface area (Å²) in [5, 5.41) is 6.94. The van der Waals surface area contributed by atoms with Crippen LogP contribution < -0.4 is 10.9 Å². The number of hydrogen-bond acceptors (Lipinski definition) is 4. The molecule has 0 aliphatic carbocycles. The van der Waals surface area contributed by atoms with Crippen LogP contribution in [0.4, 0.5) is 4.39 Å². The molecule has 0 fully saturated rings. The fraction of sp³-hybridized carbons (Fsp3) is 0.176. The molecule has 3 aromatic rings. The van der Waals surface area contributed by atoms with E-state index < -0.39 is 11.5 Å². The van der Waals surface area contributed by atoms with Crippen LogP contribution in [0.15, 0.2) is 47.7 Å². The van der Waals surface area contributed by atoms with Gasteiger partial charge in [-0.15, -0.1) is 0 Å². The first kappa shape index (κ1) is 16.6. The van der Waals surface area contributed by atoms with Crippen LogP contribution in [0.3, 0.4) is 0 Å². The molecule has 0 aliphatic rings. The summed E-state index contributed by atoms with van der Waals surface area (Å²) >= 11 is 0. The zero-order valence-electron chi connectivity index (χ0n) is 13.7. The first-order chi connectivity index (χ1) is 11.9. The van der Waals surface area contributed by atoms with E-state index in [0.29, 0.717) is 11.5 Å². The van der Waals surface area contributed by atoms with E-state index in [9.17, 15) is 14.0 Å². The van der Waals surface area contributed by atoms with E-state index >= 15 is 0 Å². The van der Waals surface area contributed by atoms with Crippen molar-refractivity contribution in [3.8, 4) is 5.69 Å². The Morgan fingerprint density at radius 1 is 1.28 bits per heavy atom. The van der Waals surface area contributed by atoms with Crippen molar-refractivity contribution in [3.63, 3.8) is 0 Å². The summed E-state index contributed by atoms with van der Waals surface area (Å²) in [5.41, 5.74) is 0.905. The molecule has 3 rings (SSSR count). The number of hydrogen-bond donors (Lipinski definition) is 2. The van der Waals surface area contributed by atoms with Gasteiger partial charge in [-0.2, -0.15) is 5.10 Å². The maximum absolute atomic E-state index is 13.0. The molecular formula is C17H16FN5O2. The van der Waals surface area contributed by atoms with Crippen molar-refractivity contribution in [2.45, 2.75) is 19.9 Å². The fourth-order valence-corrected chi connectivity index (χ4v) is 2.30. The minimum absolute atomic E-state index is 0.0524. The molecule has 0 spiro atoms. The Bertz CT molecular complexity index is 962. The molecule has 128 valence electrons. The number of nitrogens with zero attached hydrogens (tertiary/aromatic N) is 3. The second kappa shape index (κ2) is 6.68. The van der Waals surface area contributed by atoms with E-state index in [1.807, 2.05) is 0 Å². The molecule has 0 radical (unpaired) electrons. The predicted octanol–water partition coefficient (Wildman–Crippen LogP) is 1.89. The molecule has 8 heteroatoms. The quantitative estimate of drug-likeness (QED) is 0.758. The Hall–Kier alpha value is -3.29. The first-order valence-corrected chi connectivity index (χ1v) is 7.61. The summed E-state index contributed by atoms with van der Waals surface area (Å²) in [4.78, 5) is 30.5. The van der Waals surface area contributed by atoms with E-state index in [-0.39, 0.29) is 17.4 Å². The van der Waals surface area contributed by atoms with Gasteiger partial charge in [0.15, 0.2) is 0 Å². The maximum Gasteiger partial charge on any atom is 0.263 e. The van der Waals surface area contributed by atoms with Crippen LogP contribution in [0.1, 0.15) is 34.7 Å². The van der Waals surface area contributed by atoms with E-state index in [2.05, 4.69) is 20.4 Å². The number of halogens is 1. The van der Waals surface area contributed by atoms with Crippen LogP contribution in [0.2, 0.25) is 0 Å². The normalized spacial score (nSPS) is 12.0. The van der Waals surface area contributed by atoms with Gasteiger partial charge in [0.1, 0.15) is 17.2 Å². The highest BCUT2D eigenvalue weighted by Crippen LogP contribution is 2.15. The first-order valence-electron chi connectivity index (χ1n) is 7.61. The summed E-state index contributed by atoms with van der Waals surface area (Å²) in [6, 6.07) is 5.53. The van der Waals surface area contributed by atoms with Gasteiger partial charge in [0.2, 0.25) is 0 Å². The molecule has 2 aromatic heterocycles. The van der Waals surface area contributed by atoms with Gasteiger partial charge < -0.3 is 10.3 Å². The molecule has 2 N–H and O–H groups in total. The van der Waals surface area contributed by atoms with Crippen molar-refractivity contribution >= 4 is 5.91 Å². The number of rotatable bonds is 4. The van der Waals surface area contributed by atoms with Gasteiger partial charge in [0.25, 0.3) is 11.5 Å². The molecule has 1 amide bonds. The third-order valence-corrected chi connectivity index (χ3v) is 3.71. The second-order valence-corrected chi connectivity index (χ2v) is 5.60. The van der Waals surface area contributed by atoms with E-state index in [1.54, 1.807) is 43.1 Å². The number of aryl methyl sites for hydroxylation is 1. The van der Waals surface area contributed by atoms with Gasteiger partial charge in [-0.1, -0.05) is 0 Å². The number of amides is 1. The Labute approximate surface area is 142 Å². The van der Waals surface area contributed by atoms with Gasteiger partial charge >= 0.3 is 0 Å². The molecule has 0 saturated heterocycles. The number of H-pyrrole nitrogens is 1. The lowest BCUT2D eigenvalue weighted by atomic mass is 10.2. The van der Waals surface area contributed by atoms with Gasteiger partial charge in [0, 0.05) is 18.0 Å². The highest BCUT2D eigenvalue weighted by Gasteiger charge is 2.16. The minimum atomic E-state index is -0.518.